The Morgan fingerprint density at radius 1 is 1.33 bits per heavy atom. The van der Waals surface area contributed by atoms with Crippen LogP contribution in [0.25, 0.3) is 0 Å². The van der Waals surface area contributed by atoms with Gasteiger partial charge in [-0.3, -0.25) is 4.79 Å². The third-order valence-corrected chi connectivity index (χ3v) is 4.04. The molecule has 0 aliphatic heterocycles. The van der Waals surface area contributed by atoms with Crippen LogP contribution in [0.2, 0.25) is 0 Å². The molecule has 0 atom stereocenters. The van der Waals surface area contributed by atoms with Gasteiger partial charge in [-0.15, -0.1) is 22.7 Å². The van der Waals surface area contributed by atoms with Crippen molar-refractivity contribution in [2.45, 2.75) is 13.8 Å². The van der Waals surface area contributed by atoms with Gasteiger partial charge in [-0.05, 0) is 19.9 Å². The number of hydrogen-bond acceptors (Lipinski definition) is 5. The standard InChI is InChI=1S/C11H10N2O3S2/c1-5-3-7(11(15)16)10(17-5)13-9(14)8-4-12-6(2)18-8/h3-4H,1-2H3,(H,13,14)(H,15,16). The monoisotopic (exact) mass is 282 g/mol. The summed E-state index contributed by atoms with van der Waals surface area (Å²) in [7, 11) is 0. The minimum absolute atomic E-state index is 0.118. The van der Waals surface area contributed by atoms with Crippen molar-refractivity contribution in [2.24, 2.45) is 0 Å². The molecule has 0 spiro atoms. The summed E-state index contributed by atoms with van der Waals surface area (Å²) in [6.45, 7) is 3.60. The first kappa shape index (κ1) is 12.7. The Morgan fingerprint density at radius 2 is 2.06 bits per heavy atom. The number of carbonyl (C=O) groups excluding carboxylic acids is 1. The zero-order valence-electron chi connectivity index (χ0n) is 9.68. The van der Waals surface area contributed by atoms with E-state index >= 15 is 0 Å². The van der Waals surface area contributed by atoms with Gasteiger partial charge in [0.15, 0.2) is 0 Å². The number of aromatic nitrogens is 1. The molecule has 0 bridgehead atoms. The highest BCUT2D eigenvalue weighted by atomic mass is 32.1. The number of aromatic carboxylic acids is 1. The van der Waals surface area contributed by atoms with Crippen LogP contribution in [0.5, 0.6) is 0 Å². The molecule has 2 aromatic rings. The summed E-state index contributed by atoms with van der Waals surface area (Å²) in [5.74, 6) is -1.37. The zero-order valence-corrected chi connectivity index (χ0v) is 11.3. The van der Waals surface area contributed by atoms with Crippen LogP contribution in [-0.4, -0.2) is 22.0 Å². The topological polar surface area (TPSA) is 79.3 Å². The van der Waals surface area contributed by atoms with Gasteiger partial charge in [-0.1, -0.05) is 0 Å². The molecular formula is C11H10N2O3S2. The van der Waals surface area contributed by atoms with E-state index in [4.69, 9.17) is 5.11 Å². The fourth-order valence-electron chi connectivity index (χ4n) is 1.40. The average molecular weight is 282 g/mol. The van der Waals surface area contributed by atoms with Crippen molar-refractivity contribution in [3.05, 3.63) is 32.6 Å². The van der Waals surface area contributed by atoms with Crippen molar-refractivity contribution in [2.75, 3.05) is 5.32 Å². The predicted octanol–water partition coefficient (Wildman–Crippen LogP) is 2.77. The van der Waals surface area contributed by atoms with E-state index in [0.29, 0.717) is 9.88 Å². The molecular weight excluding hydrogens is 272 g/mol. The second kappa shape index (κ2) is 4.87. The fraction of sp³-hybridized carbons (Fsp3) is 0.182. The summed E-state index contributed by atoms with van der Waals surface area (Å²) in [5.41, 5.74) is 0.118. The fourth-order valence-corrected chi connectivity index (χ4v) is 2.97. The van der Waals surface area contributed by atoms with E-state index in [1.165, 1.54) is 28.9 Å². The van der Waals surface area contributed by atoms with Crippen molar-refractivity contribution < 1.29 is 14.7 Å². The Kier molecular flexibility index (Phi) is 3.44. The highest BCUT2D eigenvalue weighted by Gasteiger charge is 2.17. The molecule has 2 heterocycles. The van der Waals surface area contributed by atoms with Crippen molar-refractivity contribution in [1.82, 2.24) is 4.98 Å². The number of thiazole rings is 1. The molecule has 0 saturated heterocycles. The molecule has 7 heteroatoms. The third-order valence-electron chi connectivity index (χ3n) is 2.16. The molecule has 0 aromatic carbocycles. The zero-order chi connectivity index (χ0) is 13.3. The summed E-state index contributed by atoms with van der Waals surface area (Å²) in [4.78, 5) is 28.2. The summed E-state index contributed by atoms with van der Waals surface area (Å²) < 4.78 is 0. The number of thiophene rings is 1. The number of carbonyl (C=O) groups is 2. The SMILES string of the molecule is Cc1cc(C(=O)O)c(NC(=O)c2cnc(C)s2)s1. The maximum Gasteiger partial charge on any atom is 0.338 e. The first-order valence-corrected chi connectivity index (χ1v) is 6.68. The maximum absolute atomic E-state index is 11.9. The van der Waals surface area contributed by atoms with Crippen molar-refractivity contribution in [3.63, 3.8) is 0 Å². The Bertz CT molecular complexity index is 616. The van der Waals surface area contributed by atoms with Crippen LogP contribution < -0.4 is 5.32 Å². The lowest BCUT2D eigenvalue weighted by Gasteiger charge is -2.01. The molecule has 0 saturated carbocycles. The molecule has 0 aliphatic rings. The normalized spacial score (nSPS) is 10.3. The van der Waals surface area contributed by atoms with Crippen LogP contribution in [-0.2, 0) is 0 Å². The van der Waals surface area contributed by atoms with E-state index < -0.39 is 5.97 Å². The van der Waals surface area contributed by atoms with Gasteiger partial charge in [-0.2, -0.15) is 0 Å². The van der Waals surface area contributed by atoms with Crippen molar-refractivity contribution in [1.29, 1.82) is 0 Å². The number of hydrogen-bond donors (Lipinski definition) is 2. The van der Waals surface area contributed by atoms with Gasteiger partial charge in [-0.25, -0.2) is 9.78 Å². The summed E-state index contributed by atoms with van der Waals surface area (Å²) in [6.07, 6.45) is 1.48. The summed E-state index contributed by atoms with van der Waals surface area (Å²) in [5, 5.41) is 12.8. The number of carboxylic acids is 1. The van der Waals surface area contributed by atoms with E-state index in [1.807, 2.05) is 0 Å². The highest BCUT2D eigenvalue weighted by molar-refractivity contribution is 7.17. The van der Waals surface area contributed by atoms with Crippen LogP contribution in [0.15, 0.2) is 12.3 Å². The molecule has 94 valence electrons. The van der Waals surface area contributed by atoms with Gasteiger partial charge in [0.1, 0.15) is 9.88 Å². The number of nitrogens with zero attached hydrogens (tertiary/aromatic N) is 1. The number of carboxylic acid groups (broad SMARTS) is 1. The lowest BCUT2D eigenvalue weighted by molar-refractivity contribution is 0.0698. The Morgan fingerprint density at radius 3 is 2.61 bits per heavy atom. The number of rotatable bonds is 3. The minimum Gasteiger partial charge on any atom is -0.478 e. The van der Waals surface area contributed by atoms with Gasteiger partial charge in [0.05, 0.1) is 16.8 Å². The van der Waals surface area contributed by atoms with E-state index in [9.17, 15) is 9.59 Å². The minimum atomic E-state index is -1.05. The predicted molar refractivity (Wildman–Crippen MR) is 70.8 cm³/mol. The molecule has 18 heavy (non-hydrogen) atoms. The van der Waals surface area contributed by atoms with E-state index in [-0.39, 0.29) is 11.5 Å². The van der Waals surface area contributed by atoms with Gasteiger partial charge >= 0.3 is 5.97 Å². The van der Waals surface area contributed by atoms with Gasteiger partial charge in [0.25, 0.3) is 5.91 Å². The van der Waals surface area contributed by atoms with Crippen molar-refractivity contribution in [3.8, 4) is 0 Å². The molecule has 0 fully saturated rings. The van der Waals surface area contributed by atoms with Crippen LogP contribution in [0.1, 0.15) is 29.9 Å². The van der Waals surface area contributed by atoms with Gasteiger partial charge < -0.3 is 10.4 Å². The van der Waals surface area contributed by atoms with E-state index in [1.54, 1.807) is 19.9 Å². The second-order valence-corrected chi connectivity index (χ2v) is 6.09. The third kappa shape index (κ3) is 2.57. The lowest BCUT2D eigenvalue weighted by Crippen LogP contribution is -2.11. The van der Waals surface area contributed by atoms with E-state index in [2.05, 4.69) is 10.3 Å². The maximum atomic E-state index is 11.9. The molecule has 2 aromatic heterocycles. The molecule has 2 rings (SSSR count). The van der Waals surface area contributed by atoms with E-state index in [0.717, 1.165) is 9.88 Å². The largest absolute Gasteiger partial charge is 0.478 e. The molecule has 0 aliphatic carbocycles. The van der Waals surface area contributed by atoms with Crippen LogP contribution in [0, 0.1) is 13.8 Å². The first-order valence-electron chi connectivity index (χ1n) is 5.05. The number of amides is 1. The van der Waals surface area contributed by atoms with Crippen LogP contribution in [0.4, 0.5) is 5.00 Å². The summed E-state index contributed by atoms with van der Waals surface area (Å²) >= 11 is 2.51. The van der Waals surface area contributed by atoms with Crippen LogP contribution in [0.3, 0.4) is 0 Å². The first-order chi connectivity index (χ1) is 8.47. The van der Waals surface area contributed by atoms with Gasteiger partial charge in [0, 0.05) is 4.88 Å². The molecule has 0 radical (unpaired) electrons. The molecule has 0 unspecified atom stereocenters. The number of aryl methyl sites for hydroxylation is 2. The molecule has 5 nitrogen and oxygen atoms in total. The van der Waals surface area contributed by atoms with Gasteiger partial charge in [0.2, 0.25) is 0 Å². The second-order valence-electron chi connectivity index (χ2n) is 3.60. The smallest absolute Gasteiger partial charge is 0.338 e. The highest BCUT2D eigenvalue weighted by Crippen LogP contribution is 2.28. The summed E-state index contributed by atoms with van der Waals surface area (Å²) in [6, 6.07) is 1.54. The number of nitrogens with one attached hydrogen (secondary N) is 1. The quantitative estimate of drug-likeness (QED) is 0.907. The Hall–Kier alpha value is -1.73. The number of anilines is 1. The Labute approximate surface area is 111 Å². The average Bonchev–Trinajstić information content (AvgIpc) is 2.85. The van der Waals surface area contributed by atoms with Crippen LogP contribution >= 0.6 is 22.7 Å². The lowest BCUT2D eigenvalue weighted by atomic mass is 10.3. The Balaban J connectivity index is 2.24. The molecule has 2 N–H and O–H groups in total. The molecule has 1 amide bonds. The van der Waals surface area contributed by atoms with Crippen molar-refractivity contribution >= 4 is 39.6 Å².